The van der Waals surface area contributed by atoms with Crippen LogP contribution in [0.4, 0.5) is 5.88 Å². The maximum absolute atomic E-state index is 7.31. The minimum absolute atomic E-state index is 0.0771. The standard InChI is InChI=1S/C59H88BN2O/c1-19-23-28-44(9)49(40-52-46(11)33-35-57(13,14)47(52)12)41-61-39-34-51(26-20-2)62(50(22-4)30-24-27-42(5)6)56-54(53-55(63-56)59(17,18)37-36-58(53,15)16)60-38-25-29-48(21-3)45(10)32-31-43(7)8/h19-29,34,38-40,42-43,45-46,50,61H,2-4,30-33,35-37,41H2,1,5-18H3/b23-19-,27-24+,38-25+,39-34+,44-28+,48-29+,49-40+,51-26+. The van der Waals surface area contributed by atoms with Crippen LogP contribution >= 0.6 is 0 Å². The van der Waals surface area contributed by atoms with E-state index in [1.807, 2.05) is 12.2 Å². The van der Waals surface area contributed by atoms with Crippen molar-refractivity contribution in [3.05, 3.63) is 156 Å². The Bertz CT molecular complexity index is 1990. The maximum atomic E-state index is 7.31. The summed E-state index contributed by atoms with van der Waals surface area (Å²) in [6, 6.07) is -0.0904. The first-order valence-electron chi connectivity index (χ1n) is 24.2. The second-order valence-corrected chi connectivity index (χ2v) is 21.2. The maximum Gasteiger partial charge on any atom is 0.195 e. The molecule has 0 amide bonds. The first-order valence-corrected chi connectivity index (χ1v) is 24.2. The topological polar surface area (TPSA) is 28.4 Å². The molecule has 1 heterocycles. The Balaban J connectivity index is 2.23. The molecule has 1 aromatic heterocycles. The highest BCUT2D eigenvalue weighted by molar-refractivity contribution is 6.61. The van der Waals surface area contributed by atoms with Crippen molar-refractivity contribution >= 4 is 18.6 Å². The van der Waals surface area contributed by atoms with Crippen LogP contribution in [0.1, 0.15) is 160 Å². The molecule has 343 valence electrons. The summed E-state index contributed by atoms with van der Waals surface area (Å²) in [5, 5.41) is 3.72. The smallest absolute Gasteiger partial charge is 0.195 e. The van der Waals surface area contributed by atoms with Crippen LogP contribution in [-0.2, 0) is 10.8 Å². The van der Waals surface area contributed by atoms with E-state index >= 15 is 0 Å². The zero-order valence-electron chi connectivity index (χ0n) is 42.8. The van der Waals surface area contributed by atoms with E-state index in [4.69, 9.17) is 4.42 Å². The molecule has 0 aromatic carbocycles. The molecule has 1 radical (unpaired) electrons. The van der Waals surface area contributed by atoms with E-state index in [9.17, 15) is 0 Å². The first-order chi connectivity index (χ1) is 29.6. The number of anilines is 1. The van der Waals surface area contributed by atoms with E-state index in [1.165, 1.54) is 52.7 Å². The number of allylic oxidation sites excluding steroid dienone is 14. The molecule has 0 aliphatic heterocycles. The lowest BCUT2D eigenvalue weighted by molar-refractivity contribution is 0.279. The quantitative estimate of drug-likeness (QED) is 0.0675. The van der Waals surface area contributed by atoms with Gasteiger partial charge >= 0.3 is 0 Å². The van der Waals surface area contributed by atoms with Gasteiger partial charge in [-0.25, -0.2) is 0 Å². The second-order valence-electron chi connectivity index (χ2n) is 21.2. The summed E-state index contributed by atoms with van der Waals surface area (Å²) in [5.41, 5.74) is 10.2. The third-order valence-corrected chi connectivity index (χ3v) is 13.7. The van der Waals surface area contributed by atoms with Gasteiger partial charge in [0.15, 0.2) is 13.2 Å². The lowest BCUT2D eigenvalue weighted by atomic mass is 9.59. The van der Waals surface area contributed by atoms with Gasteiger partial charge in [-0.05, 0) is 145 Å². The Morgan fingerprint density at radius 1 is 0.921 bits per heavy atom. The average Bonchev–Trinajstić information content (AvgIpc) is 3.62. The Morgan fingerprint density at radius 2 is 1.62 bits per heavy atom. The van der Waals surface area contributed by atoms with Crippen LogP contribution in [-0.4, -0.2) is 19.9 Å². The number of nitrogens with one attached hydrogen (secondary N) is 1. The van der Waals surface area contributed by atoms with Gasteiger partial charge < -0.3 is 14.6 Å². The predicted molar refractivity (Wildman–Crippen MR) is 282 cm³/mol. The normalized spacial score (nSPS) is 20.6. The van der Waals surface area contributed by atoms with Crippen molar-refractivity contribution in [1.82, 2.24) is 5.32 Å². The molecule has 1 N–H and O–H groups in total. The molecule has 4 heteroatoms. The van der Waals surface area contributed by atoms with Crippen LogP contribution in [0, 0.1) is 29.1 Å². The van der Waals surface area contributed by atoms with Gasteiger partial charge in [-0.15, -0.1) is 12.6 Å². The molecule has 0 spiro atoms. The minimum atomic E-state index is -0.121. The summed E-state index contributed by atoms with van der Waals surface area (Å²) in [5.74, 6) is 6.22. The zero-order valence-corrected chi connectivity index (χ0v) is 42.8. The molecule has 2 aliphatic carbocycles. The number of nitrogens with zero attached hydrogens (tertiary/aromatic N) is 1. The first kappa shape index (κ1) is 53.2. The molecule has 1 aromatic rings. The molecule has 0 fully saturated rings. The van der Waals surface area contributed by atoms with E-state index in [2.05, 4.69) is 220 Å². The van der Waals surface area contributed by atoms with Gasteiger partial charge in [0.25, 0.3) is 0 Å². The third-order valence-electron chi connectivity index (χ3n) is 13.7. The molecule has 3 nitrogen and oxygen atoms in total. The average molecular weight is 852 g/mol. The predicted octanol–water partition coefficient (Wildman–Crippen LogP) is 16.0. The van der Waals surface area contributed by atoms with Gasteiger partial charge in [-0.2, -0.15) is 0 Å². The van der Waals surface area contributed by atoms with Crippen LogP contribution < -0.4 is 15.7 Å². The van der Waals surface area contributed by atoms with Gasteiger partial charge in [0.05, 0.1) is 6.04 Å². The van der Waals surface area contributed by atoms with E-state index in [1.54, 1.807) is 0 Å². The van der Waals surface area contributed by atoms with Crippen molar-refractivity contribution in [2.75, 3.05) is 11.4 Å². The number of furan rings is 1. The second kappa shape index (κ2) is 24.2. The summed E-state index contributed by atoms with van der Waals surface area (Å²) in [6.45, 7) is 48.1. The fourth-order valence-corrected chi connectivity index (χ4v) is 8.96. The highest BCUT2D eigenvalue weighted by atomic mass is 16.4. The molecule has 3 unspecified atom stereocenters. The molecular weight excluding hydrogens is 763 g/mol. The number of rotatable bonds is 23. The lowest BCUT2D eigenvalue weighted by Crippen LogP contribution is -2.40. The van der Waals surface area contributed by atoms with Crippen molar-refractivity contribution in [2.24, 2.45) is 29.1 Å². The Morgan fingerprint density at radius 3 is 2.24 bits per heavy atom. The Kier molecular flexibility index (Phi) is 20.4. The largest absolute Gasteiger partial charge is 0.445 e. The zero-order chi connectivity index (χ0) is 47.1. The van der Waals surface area contributed by atoms with Gasteiger partial charge in [0.2, 0.25) is 0 Å². The summed E-state index contributed by atoms with van der Waals surface area (Å²) < 4.78 is 7.31. The molecule has 0 saturated carbocycles. The van der Waals surface area contributed by atoms with Crippen molar-refractivity contribution in [3.63, 3.8) is 0 Å². The van der Waals surface area contributed by atoms with Crippen molar-refractivity contribution < 1.29 is 4.42 Å². The van der Waals surface area contributed by atoms with E-state index in [0.717, 1.165) is 48.5 Å². The van der Waals surface area contributed by atoms with Crippen LogP contribution in [0.25, 0.3) is 0 Å². The highest BCUT2D eigenvalue weighted by Crippen LogP contribution is 2.48. The van der Waals surface area contributed by atoms with E-state index in [0.29, 0.717) is 30.2 Å². The molecule has 63 heavy (non-hydrogen) atoms. The van der Waals surface area contributed by atoms with Crippen molar-refractivity contribution in [1.29, 1.82) is 0 Å². The number of hydrogen-bond acceptors (Lipinski definition) is 3. The summed E-state index contributed by atoms with van der Waals surface area (Å²) in [4.78, 5) is 2.36. The lowest BCUT2D eigenvalue weighted by Gasteiger charge is -2.38. The van der Waals surface area contributed by atoms with Crippen LogP contribution in [0.5, 0.6) is 0 Å². The number of fused-ring (bicyclic) bond motifs is 1. The molecule has 3 atom stereocenters. The van der Waals surface area contributed by atoms with Crippen LogP contribution in [0.2, 0.25) is 0 Å². The molecular formula is C59H88BN2O. The SMILES string of the molecule is C=C/C=C(\C=C\NCC(=C\C1=C(C)C(C)(C)CCC1C)/C(C)=C/C=C\C)N(c1oc2c(c1[B]/C=C/C=C(\C=C)C(C)CCC(C)C)C(C)(C)CCC2(C)C)C(C=C)C/C=C/C(C)C. The van der Waals surface area contributed by atoms with Gasteiger partial charge in [0, 0.05) is 17.7 Å². The fraction of sp³-hybridized carbons (Fsp3) is 0.525. The minimum Gasteiger partial charge on any atom is -0.445 e. The third kappa shape index (κ3) is 14.7. The summed E-state index contributed by atoms with van der Waals surface area (Å²) in [6.07, 6.45) is 38.0. The fourth-order valence-electron chi connectivity index (χ4n) is 8.96. The Labute approximate surface area is 388 Å². The Hall–Kier alpha value is -4.18. The monoisotopic (exact) mass is 852 g/mol. The van der Waals surface area contributed by atoms with Gasteiger partial charge in [0.1, 0.15) is 5.76 Å². The van der Waals surface area contributed by atoms with Crippen LogP contribution in [0.15, 0.2) is 149 Å². The van der Waals surface area contributed by atoms with E-state index < -0.39 is 0 Å². The van der Waals surface area contributed by atoms with Gasteiger partial charge in [-0.3, -0.25) is 0 Å². The summed E-state index contributed by atoms with van der Waals surface area (Å²) in [7, 11) is 2.28. The van der Waals surface area contributed by atoms with Crippen molar-refractivity contribution in [2.45, 2.75) is 166 Å². The molecule has 3 rings (SSSR count). The molecule has 0 bridgehead atoms. The summed E-state index contributed by atoms with van der Waals surface area (Å²) >= 11 is 0. The van der Waals surface area contributed by atoms with E-state index in [-0.39, 0.29) is 22.3 Å². The molecule has 2 aliphatic rings. The molecule has 0 saturated heterocycles. The van der Waals surface area contributed by atoms with Crippen LogP contribution in [0.3, 0.4) is 0 Å². The van der Waals surface area contributed by atoms with Gasteiger partial charge in [-0.1, -0.05) is 175 Å². The highest BCUT2D eigenvalue weighted by Gasteiger charge is 2.44. The van der Waals surface area contributed by atoms with Crippen molar-refractivity contribution in [3.8, 4) is 0 Å². The number of hydrogen-bond donors (Lipinski definition) is 1.